The van der Waals surface area contributed by atoms with E-state index in [1.54, 1.807) is 0 Å². The zero-order valence-corrected chi connectivity index (χ0v) is 10.7. The van der Waals surface area contributed by atoms with Gasteiger partial charge in [0.25, 0.3) is 5.91 Å². The van der Waals surface area contributed by atoms with Crippen LogP contribution >= 0.6 is 0 Å². The number of hydrogen-bond acceptors (Lipinski definition) is 3. The number of carbonyl (C=O) groups is 1. The van der Waals surface area contributed by atoms with E-state index in [2.05, 4.69) is 5.32 Å². The molecule has 0 fully saturated rings. The van der Waals surface area contributed by atoms with Crippen LogP contribution in [0.1, 0.15) is 16.1 Å². The SMILES string of the molecule is Cn1cccc1CNC(=O)c1ccc(F)c([N+](=O)[O-])c1. The van der Waals surface area contributed by atoms with Gasteiger partial charge in [0.15, 0.2) is 0 Å². The molecule has 0 saturated heterocycles. The molecule has 6 nitrogen and oxygen atoms in total. The van der Waals surface area contributed by atoms with Gasteiger partial charge in [-0.2, -0.15) is 4.39 Å². The van der Waals surface area contributed by atoms with Crippen molar-refractivity contribution in [1.82, 2.24) is 9.88 Å². The van der Waals surface area contributed by atoms with Crippen LogP contribution in [0.25, 0.3) is 0 Å². The molecule has 0 unspecified atom stereocenters. The lowest BCUT2D eigenvalue weighted by Gasteiger charge is -2.06. The summed E-state index contributed by atoms with van der Waals surface area (Å²) in [4.78, 5) is 21.6. The number of benzene rings is 1. The molecular formula is C13H12FN3O3. The highest BCUT2D eigenvalue weighted by molar-refractivity contribution is 5.94. The number of nitrogens with one attached hydrogen (secondary N) is 1. The van der Waals surface area contributed by atoms with Gasteiger partial charge in [-0.1, -0.05) is 0 Å². The highest BCUT2D eigenvalue weighted by atomic mass is 19.1. The zero-order chi connectivity index (χ0) is 14.7. The smallest absolute Gasteiger partial charge is 0.305 e. The maximum atomic E-state index is 13.2. The molecule has 0 bridgehead atoms. The van der Waals surface area contributed by atoms with Crippen molar-refractivity contribution in [2.24, 2.45) is 7.05 Å². The van der Waals surface area contributed by atoms with Crippen molar-refractivity contribution < 1.29 is 14.1 Å². The fourth-order valence-electron chi connectivity index (χ4n) is 1.75. The van der Waals surface area contributed by atoms with Crippen LogP contribution in [0.3, 0.4) is 0 Å². The summed E-state index contributed by atoms with van der Waals surface area (Å²) in [5.74, 6) is -1.46. The maximum Gasteiger partial charge on any atom is 0.305 e. The Morgan fingerprint density at radius 3 is 2.80 bits per heavy atom. The normalized spacial score (nSPS) is 10.3. The lowest BCUT2D eigenvalue weighted by molar-refractivity contribution is -0.387. The van der Waals surface area contributed by atoms with Crippen molar-refractivity contribution in [2.75, 3.05) is 0 Å². The minimum atomic E-state index is -0.964. The standard InChI is InChI=1S/C13H12FN3O3/c1-16-6-2-3-10(16)8-15-13(18)9-4-5-11(14)12(7-9)17(19)20/h2-7H,8H2,1H3,(H,15,18). The van der Waals surface area contributed by atoms with Crippen molar-refractivity contribution in [2.45, 2.75) is 6.54 Å². The van der Waals surface area contributed by atoms with Gasteiger partial charge in [-0.25, -0.2) is 0 Å². The topological polar surface area (TPSA) is 77.2 Å². The largest absolute Gasteiger partial charge is 0.353 e. The fourth-order valence-corrected chi connectivity index (χ4v) is 1.75. The summed E-state index contributed by atoms with van der Waals surface area (Å²) in [7, 11) is 1.84. The Balaban J connectivity index is 2.12. The Hall–Kier alpha value is -2.70. The highest BCUT2D eigenvalue weighted by Gasteiger charge is 2.17. The molecule has 1 amide bonds. The summed E-state index contributed by atoms with van der Waals surface area (Å²) < 4.78 is 15.0. The molecule has 0 atom stereocenters. The van der Waals surface area contributed by atoms with Crippen molar-refractivity contribution in [1.29, 1.82) is 0 Å². The number of hydrogen-bond donors (Lipinski definition) is 1. The Bertz CT molecular complexity index is 667. The third-order valence-corrected chi connectivity index (χ3v) is 2.89. The van der Waals surface area contributed by atoms with Crippen molar-refractivity contribution >= 4 is 11.6 Å². The van der Waals surface area contributed by atoms with E-state index in [0.29, 0.717) is 0 Å². The lowest BCUT2D eigenvalue weighted by Crippen LogP contribution is -2.24. The number of nitro benzene ring substituents is 1. The third kappa shape index (κ3) is 2.82. The van der Waals surface area contributed by atoms with Crippen LogP contribution < -0.4 is 5.32 Å². The van der Waals surface area contributed by atoms with Crippen LogP contribution in [0.15, 0.2) is 36.5 Å². The second-order valence-corrected chi connectivity index (χ2v) is 4.22. The van der Waals surface area contributed by atoms with Gasteiger partial charge in [-0.3, -0.25) is 14.9 Å². The van der Waals surface area contributed by atoms with Crippen LogP contribution in [-0.2, 0) is 13.6 Å². The van der Waals surface area contributed by atoms with Crippen LogP contribution in [-0.4, -0.2) is 15.4 Å². The number of amides is 1. The Morgan fingerprint density at radius 1 is 1.45 bits per heavy atom. The molecule has 0 aliphatic carbocycles. The predicted octanol–water partition coefficient (Wildman–Crippen LogP) is 2.00. The fraction of sp³-hybridized carbons (Fsp3) is 0.154. The molecule has 0 radical (unpaired) electrons. The predicted molar refractivity (Wildman–Crippen MR) is 69.6 cm³/mol. The van der Waals surface area contributed by atoms with Gasteiger partial charge in [-0.05, 0) is 24.3 Å². The molecule has 1 aromatic heterocycles. The van der Waals surface area contributed by atoms with E-state index in [9.17, 15) is 19.3 Å². The summed E-state index contributed by atoms with van der Waals surface area (Å²) >= 11 is 0. The van der Waals surface area contributed by atoms with Gasteiger partial charge in [0.1, 0.15) is 0 Å². The van der Waals surface area contributed by atoms with Crippen LogP contribution in [0.5, 0.6) is 0 Å². The van der Waals surface area contributed by atoms with Crippen LogP contribution in [0.4, 0.5) is 10.1 Å². The highest BCUT2D eigenvalue weighted by Crippen LogP contribution is 2.18. The number of nitrogens with zero attached hydrogens (tertiary/aromatic N) is 2. The molecular weight excluding hydrogens is 265 g/mol. The number of aromatic nitrogens is 1. The molecule has 20 heavy (non-hydrogen) atoms. The first-order valence-corrected chi connectivity index (χ1v) is 5.81. The molecule has 0 aliphatic heterocycles. The third-order valence-electron chi connectivity index (χ3n) is 2.89. The average molecular weight is 277 g/mol. The molecule has 7 heteroatoms. The molecule has 2 aromatic rings. The molecule has 1 heterocycles. The van der Waals surface area contributed by atoms with Crippen LogP contribution in [0, 0.1) is 15.9 Å². The molecule has 104 valence electrons. The Kier molecular flexibility index (Phi) is 3.79. The van der Waals surface area contributed by atoms with E-state index < -0.39 is 22.3 Å². The Morgan fingerprint density at radius 2 is 2.20 bits per heavy atom. The van der Waals surface area contributed by atoms with E-state index >= 15 is 0 Å². The minimum Gasteiger partial charge on any atom is -0.353 e. The van der Waals surface area contributed by atoms with E-state index in [-0.39, 0.29) is 12.1 Å². The van der Waals surface area contributed by atoms with Gasteiger partial charge in [0.05, 0.1) is 11.5 Å². The van der Waals surface area contributed by atoms with Gasteiger partial charge < -0.3 is 9.88 Å². The molecule has 0 saturated carbocycles. The van der Waals surface area contributed by atoms with E-state index in [1.165, 1.54) is 6.07 Å². The first-order valence-electron chi connectivity index (χ1n) is 5.81. The maximum absolute atomic E-state index is 13.2. The quantitative estimate of drug-likeness (QED) is 0.686. The van der Waals surface area contributed by atoms with E-state index in [1.807, 2.05) is 29.9 Å². The second kappa shape index (κ2) is 5.52. The Labute approximate surface area is 114 Å². The van der Waals surface area contributed by atoms with Gasteiger partial charge >= 0.3 is 5.69 Å². The second-order valence-electron chi connectivity index (χ2n) is 4.22. The first kappa shape index (κ1) is 13.7. The monoisotopic (exact) mass is 277 g/mol. The zero-order valence-electron chi connectivity index (χ0n) is 10.7. The number of aryl methyl sites for hydroxylation is 1. The minimum absolute atomic E-state index is 0.0484. The molecule has 1 aromatic carbocycles. The summed E-state index contributed by atoms with van der Waals surface area (Å²) in [6, 6.07) is 6.73. The van der Waals surface area contributed by atoms with Crippen LogP contribution in [0.2, 0.25) is 0 Å². The molecule has 1 N–H and O–H groups in total. The van der Waals surface area contributed by atoms with Gasteiger partial charge in [0.2, 0.25) is 5.82 Å². The summed E-state index contributed by atoms with van der Waals surface area (Å²) in [6.45, 7) is 0.285. The molecule has 0 spiro atoms. The average Bonchev–Trinajstić information content (AvgIpc) is 2.81. The van der Waals surface area contributed by atoms with Gasteiger partial charge in [-0.15, -0.1) is 0 Å². The molecule has 2 rings (SSSR count). The van der Waals surface area contributed by atoms with Crippen molar-refractivity contribution in [3.05, 3.63) is 63.7 Å². The number of rotatable bonds is 4. The summed E-state index contributed by atoms with van der Waals surface area (Å²) in [5.41, 5.74) is 0.221. The van der Waals surface area contributed by atoms with Crippen molar-refractivity contribution in [3.8, 4) is 0 Å². The molecule has 0 aliphatic rings. The number of carbonyl (C=O) groups excluding carboxylic acids is 1. The van der Waals surface area contributed by atoms with E-state index in [4.69, 9.17) is 0 Å². The summed E-state index contributed by atoms with van der Waals surface area (Å²) in [5, 5.41) is 13.2. The number of nitro groups is 1. The van der Waals surface area contributed by atoms with Crippen molar-refractivity contribution in [3.63, 3.8) is 0 Å². The first-order chi connectivity index (χ1) is 9.49. The summed E-state index contributed by atoms with van der Waals surface area (Å²) in [6.07, 6.45) is 1.84. The van der Waals surface area contributed by atoms with E-state index in [0.717, 1.165) is 17.8 Å². The lowest BCUT2D eigenvalue weighted by atomic mass is 10.2. The number of halogens is 1. The van der Waals surface area contributed by atoms with Gasteiger partial charge in [0, 0.05) is 30.6 Å².